The molecule has 0 aromatic carbocycles. The van der Waals surface area contributed by atoms with Crippen LogP contribution in [0.25, 0.3) is 0 Å². The Labute approximate surface area is 207 Å². The van der Waals surface area contributed by atoms with Crippen molar-refractivity contribution >= 4 is 0 Å². The van der Waals surface area contributed by atoms with E-state index in [0.29, 0.717) is 11.8 Å². The summed E-state index contributed by atoms with van der Waals surface area (Å²) in [5, 5.41) is 21.5. The van der Waals surface area contributed by atoms with Crippen molar-refractivity contribution in [2.45, 2.75) is 174 Å². The Balaban J connectivity index is 1.64. The van der Waals surface area contributed by atoms with E-state index < -0.39 is 0 Å². The SMILES string of the molecule is CCCCCCCCCC1CCC(O)C(CC2CC(CCCCCCCCC)CCC2O)C1. The van der Waals surface area contributed by atoms with Gasteiger partial charge in [-0.3, -0.25) is 0 Å². The molecule has 2 nitrogen and oxygen atoms in total. The Morgan fingerprint density at radius 3 is 1.24 bits per heavy atom. The molecular weight excluding hydrogens is 404 g/mol. The molecule has 33 heavy (non-hydrogen) atoms. The van der Waals surface area contributed by atoms with Crippen molar-refractivity contribution in [2.75, 3.05) is 0 Å². The summed E-state index contributed by atoms with van der Waals surface area (Å²) in [4.78, 5) is 0. The Kier molecular flexibility index (Phi) is 16.1. The molecule has 0 amide bonds. The van der Waals surface area contributed by atoms with Crippen LogP contribution in [0.2, 0.25) is 0 Å². The molecule has 0 radical (unpaired) electrons. The van der Waals surface area contributed by atoms with Gasteiger partial charge in [0.25, 0.3) is 0 Å². The Morgan fingerprint density at radius 2 is 0.848 bits per heavy atom. The molecule has 0 aromatic rings. The fourth-order valence-corrected chi connectivity index (χ4v) is 6.89. The molecule has 196 valence electrons. The average Bonchev–Trinajstić information content (AvgIpc) is 2.81. The molecule has 2 fully saturated rings. The van der Waals surface area contributed by atoms with Crippen LogP contribution in [0.4, 0.5) is 0 Å². The van der Waals surface area contributed by atoms with Crippen molar-refractivity contribution in [2.24, 2.45) is 23.7 Å². The van der Waals surface area contributed by atoms with Crippen molar-refractivity contribution in [3.05, 3.63) is 0 Å². The molecule has 0 aromatic heterocycles. The predicted molar refractivity (Wildman–Crippen MR) is 144 cm³/mol. The van der Waals surface area contributed by atoms with Crippen LogP contribution in [0, 0.1) is 23.7 Å². The molecule has 2 N–H and O–H groups in total. The zero-order valence-electron chi connectivity index (χ0n) is 22.6. The molecule has 2 saturated carbocycles. The summed E-state index contributed by atoms with van der Waals surface area (Å²) in [7, 11) is 0. The highest BCUT2D eigenvalue weighted by atomic mass is 16.3. The van der Waals surface area contributed by atoms with Gasteiger partial charge in [0.1, 0.15) is 0 Å². The summed E-state index contributed by atoms with van der Waals surface area (Å²) in [6, 6.07) is 0. The zero-order chi connectivity index (χ0) is 23.7. The van der Waals surface area contributed by atoms with E-state index in [1.807, 2.05) is 0 Å². The summed E-state index contributed by atoms with van der Waals surface area (Å²) >= 11 is 0. The molecule has 6 atom stereocenters. The number of hydrogen-bond donors (Lipinski definition) is 2. The van der Waals surface area contributed by atoms with Gasteiger partial charge in [-0.2, -0.15) is 0 Å². The first-order chi connectivity index (χ1) is 16.1. The van der Waals surface area contributed by atoms with Crippen LogP contribution in [-0.4, -0.2) is 22.4 Å². The van der Waals surface area contributed by atoms with Gasteiger partial charge in [-0.05, 0) is 68.6 Å². The summed E-state index contributed by atoms with van der Waals surface area (Å²) < 4.78 is 0. The van der Waals surface area contributed by atoms with E-state index in [9.17, 15) is 10.2 Å². The number of aliphatic hydroxyl groups is 2. The summed E-state index contributed by atoms with van der Waals surface area (Å²) in [5.74, 6) is 2.51. The van der Waals surface area contributed by atoms with Gasteiger partial charge in [0.2, 0.25) is 0 Å². The minimum atomic E-state index is -0.119. The van der Waals surface area contributed by atoms with E-state index in [1.54, 1.807) is 0 Å². The minimum absolute atomic E-state index is 0.119. The molecule has 2 rings (SSSR count). The van der Waals surface area contributed by atoms with Gasteiger partial charge in [0, 0.05) is 0 Å². The van der Waals surface area contributed by atoms with Crippen LogP contribution in [-0.2, 0) is 0 Å². The number of unbranched alkanes of at least 4 members (excludes halogenated alkanes) is 12. The quantitative estimate of drug-likeness (QED) is 0.198. The van der Waals surface area contributed by atoms with E-state index in [4.69, 9.17) is 0 Å². The smallest absolute Gasteiger partial charge is 0.0568 e. The number of hydrogen-bond acceptors (Lipinski definition) is 2. The van der Waals surface area contributed by atoms with Crippen molar-refractivity contribution in [3.63, 3.8) is 0 Å². The first-order valence-electron chi connectivity index (χ1n) is 15.5. The molecular formula is C31H60O2. The second-order valence-electron chi connectivity index (χ2n) is 12.1. The van der Waals surface area contributed by atoms with E-state index in [-0.39, 0.29) is 12.2 Å². The Morgan fingerprint density at radius 1 is 0.485 bits per heavy atom. The lowest BCUT2D eigenvalue weighted by Gasteiger charge is -2.39. The molecule has 6 unspecified atom stereocenters. The van der Waals surface area contributed by atoms with Crippen molar-refractivity contribution in [1.82, 2.24) is 0 Å². The molecule has 2 aliphatic carbocycles. The lowest BCUT2D eigenvalue weighted by atomic mass is 9.69. The van der Waals surface area contributed by atoms with Gasteiger partial charge in [-0.25, -0.2) is 0 Å². The fourth-order valence-electron chi connectivity index (χ4n) is 6.89. The second-order valence-corrected chi connectivity index (χ2v) is 12.1. The normalized spacial score (nSPS) is 30.5. The Bertz CT molecular complexity index is 410. The summed E-state index contributed by atoms with van der Waals surface area (Å²) in [6.07, 6.45) is 29.9. The molecule has 0 aliphatic heterocycles. The van der Waals surface area contributed by atoms with E-state index in [0.717, 1.165) is 31.1 Å². The maximum Gasteiger partial charge on any atom is 0.0568 e. The van der Waals surface area contributed by atoms with E-state index >= 15 is 0 Å². The lowest BCUT2D eigenvalue weighted by molar-refractivity contribution is -0.00916. The van der Waals surface area contributed by atoms with E-state index in [1.165, 1.54) is 128 Å². The van der Waals surface area contributed by atoms with Crippen LogP contribution in [0.15, 0.2) is 0 Å². The number of rotatable bonds is 18. The van der Waals surface area contributed by atoms with Gasteiger partial charge in [-0.1, -0.05) is 117 Å². The average molecular weight is 465 g/mol. The third-order valence-corrected chi connectivity index (χ3v) is 9.14. The van der Waals surface area contributed by atoms with Gasteiger partial charge >= 0.3 is 0 Å². The van der Waals surface area contributed by atoms with Crippen LogP contribution < -0.4 is 0 Å². The van der Waals surface area contributed by atoms with Crippen LogP contribution in [0.5, 0.6) is 0 Å². The highest BCUT2D eigenvalue weighted by Crippen LogP contribution is 2.41. The maximum absolute atomic E-state index is 10.7. The van der Waals surface area contributed by atoms with Crippen molar-refractivity contribution in [3.8, 4) is 0 Å². The zero-order valence-corrected chi connectivity index (χ0v) is 22.6. The van der Waals surface area contributed by atoms with Gasteiger partial charge in [0.05, 0.1) is 12.2 Å². The van der Waals surface area contributed by atoms with E-state index in [2.05, 4.69) is 13.8 Å². The third kappa shape index (κ3) is 12.4. The summed E-state index contributed by atoms with van der Waals surface area (Å²) in [5.41, 5.74) is 0. The van der Waals surface area contributed by atoms with Crippen molar-refractivity contribution in [1.29, 1.82) is 0 Å². The first-order valence-corrected chi connectivity index (χ1v) is 15.5. The van der Waals surface area contributed by atoms with Crippen LogP contribution in [0.3, 0.4) is 0 Å². The maximum atomic E-state index is 10.7. The molecule has 2 heteroatoms. The molecule has 0 heterocycles. The first kappa shape index (κ1) is 29.2. The minimum Gasteiger partial charge on any atom is -0.393 e. The van der Waals surface area contributed by atoms with Gasteiger partial charge in [0.15, 0.2) is 0 Å². The molecule has 2 aliphatic rings. The third-order valence-electron chi connectivity index (χ3n) is 9.14. The topological polar surface area (TPSA) is 40.5 Å². The predicted octanol–water partition coefficient (Wildman–Crippen LogP) is 9.21. The second kappa shape index (κ2) is 18.2. The molecule has 0 spiro atoms. The lowest BCUT2D eigenvalue weighted by Crippen LogP contribution is -2.36. The fraction of sp³-hybridized carbons (Fsp3) is 1.00. The van der Waals surface area contributed by atoms with Gasteiger partial charge in [-0.15, -0.1) is 0 Å². The number of aliphatic hydroxyl groups excluding tert-OH is 2. The standard InChI is InChI=1S/C31H60O2/c1-3-5-7-9-11-13-15-17-26-19-21-30(32)28(23-26)25-29-24-27(20-22-31(29)33)18-16-14-12-10-8-6-4-2/h26-33H,3-25H2,1-2H3. The summed E-state index contributed by atoms with van der Waals surface area (Å²) in [6.45, 7) is 4.58. The van der Waals surface area contributed by atoms with Crippen molar-refractivity contribution < 1.29 is 10.2 Å². The Hall–Kier alpha value is -0.0800. The highest BCUT2D eigenvalue weighted by Gasteiger charge is 2.35. The van der Waals surface area contributed by atoms with Crippen LogP contribution >= 0.6 is 0 Å². The molecule has 0 saturated heterocycles. The highest BCUT2D eigenvalue weighted by molar-refractivity contribution is 4.86. The molecule has 0 bridgehead atoms. The largest absolute Gasteiger partial charge is 0.393 e. The monoisotopic (exact) mass is 464 g/mol. The van der Waals surface area contributed by atoms with Gasteiger partial charge < -0.3 is 10.2 Å². The van der Waals surface area contributed by atoms with Crippen LogP contribution in [0.1, 0.15) is 162 Å².